The van der Waals surface area contributed by atoms with Crippen LogP contribution < -0.4 is 0 Å². The number of carbonyl (C=O) groups excluding carboxylic acids is 1. The minimum atomic E-state index is -4.51. The van der Waals surface area contributed by atoms with Crippen LogP contribution in [0.2, 0.25) is 0 Å². The molecule has 1 saturated heterocycles. The second kappa shape index (κ2) is 6.21. The molecule has 3 atom stereocenters. The van der Waals surface area contributed by atoms with Crippen LogP contribution in [0.4, 0.5) is 13.2 Å². The minimum Gasteiger partial charge on any atom is -0.342 e. The van der Waals surface area contributed by atoms with E-state index in [9.17, 15) is 18.0 Å². The Morgan fingerprint density at radius 1 is 1.30 bits per heavy atom. The lowest BCUT2D eigenvalue weighted by Crippen LogP contribution is -2.30. The van der Waals surface area contributed by atoms with Gasteiger partial charge in [0, 0.05) is 36.7 Å². The molecular formula is C19H23F3N4O. The van der Waals surface area contributed by atoms with E-state index in [0.717, 1.165) is 23.4 Å². The van der Waals surface area contributed by atoms with Crippen molar-refractivity contribution in [3.05, 3.63) is 29.2 Å². The maximum absolute atomic E-state index is 13.5. The molecule has 27 heavy (non-hydrogen) atoms. The Balaban J connectivity index is 1.64. The molecule has 2 fully saturated rings. The van der Waals surface area contributed by atoms with Gasteiger partial charge in [-0.1, -0.05) is 20.8 Å². The van der Waals surface area contributed by atoms with Gasteiger partial charge in [0.1, 0.15) is 5.69 Å². The molecular weight excluding hydrogens is 357 g/mol. The molecule has 8 heteroatoms. The highest BCUT2D eigenvalue weighted by molar-refractivity contribution is 5.82. The van der Waals surface area contributed by atoms with Crippen molar-refractivity contribution in [2.75, 3.05) is 13.1 Å². The van der Waals surface area contributed by atoms with Crippen LogP contribution in [0, 0.1) is 11.8 Å². The summed E-state index contributed by atoms with van der Waals surface area (Å²) in [7, 11) is 0. The number of hydrogen-bond donors (Lipinski definition) is 0. The topological polar surface area (TPSA) is 50.5 Å². The van der Waals surface area contributed by atoms with E-state index in [0.29, 0.717) is 30.4 Å². The molecule has 3 heterocycles. The second-order valence-electron chi connectivity index (χ2n) is 8.15. The number of carbonyl (C=O) groups is 1. The maximum atomic E-state index is 13.5. The summed E-state index contributed by atoms with van der Waals surface area (Å²) in [6, 6.07) is 2.72. The molecule has 4 rings (SSSR count). The first-order chi connectivity index (χ1) is 12.6. The fourth-order valence-corrected chi connectivity index (χ4v) is 3.81. The summed E-state index contributed by atoms with van der Waals surface area (Å²) in [6.45, 7) is 6.85. The van der Waals surface area contributed by atoms with Crippen LogP contribution in [0.1, 0.15) is 62.5 Å². The molecule has 0 N–H and O–H groups in total. The van der Waals surface area contributed by atoms with Crippen molar-refractivity contribution in [2.24, 2.45) is 11.8 Å². The van der Waals surface area contributed by atoms with E-state index >= 15 is 0 Å². The van der Waals surface area contributed by atoms with Crippen LogP contribution in [0.15, 0.2) is 12.1 Å². The summed E-state index contributed by atoms with van der Waals surface area (Å²) in [5, 5.41) is 4.23. The Labute approximate surface area is 155 Å². The lowest BCUT2D eigenvalue weighted by atomic mass is 10.1. The summed E-state index contributed by atoms with van der Waals surface area (Å²) in [4.78, 5) is 18.6. The Morgan fingerprint density at radius 3 is 2.59 bits per heavy atom. The molecule has 0 spiro atoms. The van der Waals surface area contributed by atoms with Gasteiger partial charge in [0.2, 0.25) is 5.91 Å². The highest BCUT2D eigenvalue weighted by atomic mass is 19.4. The molecule has 0 aromatic carbocycles. The van der Waals surface area contributed by atoms with Crippen molar-refractivity contribution in [3.63, 3.8) is 0 Å². The number of aromatic nitrogens is 3. The fraction of sp³-hybridized carbons (Fsp3) is 0.632. The normalized spacial score (nSPS) is 25.6. The third-order valence-corrected chi connectivity index (χ3v) is 5.69. The van der Waals surface area contributed by atoms with Crippen molar-refractivity contribution >= 4 is 11.6 Å². The lowest BCUT2D eigenvalue weighted by Gasteiger charge is -2.15. The molecule has 2 aromatic heterocycles. The summed E-state index contributed by atoms with van der Waals surface area (Å²) >= 11 is 0. The van der Waals surface area contributed by atoms with Crippen LogP contribution in [-0.4, -0.2) is 38.5 Å². The zero-order valence-corrected chi connectivity index (χ0v) is 15.6. The van der Waals surface area contributed by atoms with Gasteiger partial charge in [-0.15, -0.1) is 0 Å². The Kier molecular flexibility index (Phi) is 4.20. The molecule has 1 saturated carbocycles. The average molecular weight is 380 g/mol. The monoisotopic (exact) mass is 380 g/mol. The van der Waals surface area contributed by atoms with E-state index in [-0.39, 0.29) is 29.3 Å². The predicted molar refractivity (Wildman–Crippen MR) is 93.3 cm³/mol. The predicted octanol–water partition coefficient (Wildman–Crippen LogP) is 3.84. The van der Waals surface area contributed by atoms with Crippen LogP contribution in [0.25, 0.3) is 5.65 Å². The van der Waals surface area contributed by atoms with E-state index in [1.54, 1.807) is 6.07 Å². The van der Waals surface area contributed by atoms with Crippen molar-refractivity contribution < 1.29 is 18.0 Å². The average Bonchev–Trinajstić information content (AvgIpc) is 3.02. The van der Waals surface area contributed by atoms with Gasteiger partial charge in [-0.25, -0.2) is 9.50 Å². The number of alkyl halides is 3. The number of nitrogens with zero attached hydrogens (tertiary/aromatic N) is 4. The van der Waals surface area contributed by atoms with Crippen molar-refractivity contribution in [1.82, 2.24) is 19.5 Å². The third kappa shape index (κ3) is 3.30. The van der Waals surface area contributed by atoms with E-state index in [1.165, 1.54) is 0 Å². The van der Waals surface area contributed by atoms with E-state index in [1.807, 2.05) is 18.7 Å². The molecule has 0 unspecified atom stereocenters. The molecule has 1 amide bonds. The zero-order valence-electron chi connectivity index (χ0n) is 15.6. The summed E-state index contributed by atoms with van der Waals surface area (Å²) in [6.07, 6.45) is -2.85. The van der Waals surface area contributed by atoms with Crippen LogP contribution in [0.5, 0.6) is 0 Å². The van der Waals surface area contributed by atoms with E-state index < -0.39 is 11.9 Å². The summed E-state index contributed by atoms with van der Waals surface area (Å²) in [5.41, 5.74) is 0.379. The largest absolute Gasteiger partial charge is 0.433 e. The summed E-state index contributed by atoms with van der Waals surface area (Å²) in [5.74, 6) is 0.574. The fourth-order valence-electron chi connectivity index (χ4n) is 3.81. The highest BCUT2D eigenvalue weighted by Crippen LogP contribution is 2.41. The number of likely N-dealkylation sites (tertiary alicyclic amines) is 1. The van der Waals surface area contributed by atoms with Gasteiger partial charge in [0.15, 0.2) is 5.65 Å². The van der Waals surface area contributed by atoms with Gasteiger partial charge in [-0.2, -0.15) is 18.3 Å². The number of amides is 1. The number of hydrogen-bond acceptors (Lipinski definition) is 3. The first-order valence-corrected chi connectivity index (χ1v) is 9.41. The zero-order chi connectivity index (χ0) is 19.5. The third-order valence-electron chi connectivity index (χ3n) is 5.69. The van der Waals surface area contributed by atoms with Crippen molar-refractivity contribution in [2.45, 2.75) is 51.6 Å². The van der Waals surface area contributed by atoms with Gasteiger partial charge < -0.3 is 4.90 Å². The highest BCUT2D eigenvalue weighted by Gasteiger charge is 2.43. The maximum Gasteiger partial charge on any atom is 0.433 e. The molecule has 1 aliphatic heterocycles. The van der Waals surface area contributed by atoms with Crippen LogP contribution >= 0.6 is 0 Å². The standard InChI is InChI=1S/C19H23F3N4O/c1-10(2)14-7-16(19(20,21)22)26-17(23-14)8-15(24-26)12-4-5-25(9-12)18(27)13-6-11(13)3/h7-8,10-13H,4-6,9H2,1-3H3/t11-,12+,13+/m0/s1. The Hall–Kier alpha value is -2.12. The van der Waals surface area contributed by atoms with Gasteiger partial charge in [0.05, 0.1) is 5.69 Å². The Bertz CT molecular complexity index is 889. The molecule has 0 bridgehead atoms. The Morgan fingerprint density at radius 2 is 2.00 bits per heavy atom. The SMILES string of the molecule is CC(C)c1cc(C(F)(F)F)n2nc([C@@H]3CCN(C(=O)[C@@H]4C[C@@H]4C)C3)cc2n1. The van der Waals surface area contributed by atoms with Gasteiger partial charge in [-0.05, 0) is 30.7 Å². The smallest absolute Gasteiger partial charge is 0.342 e. The molecule has 1 aliphatic carbocycles. The first-order valence-electron chi connectivity index (χ1n) is 9.41. The van der Waals surface area contributed by atoms with Gasteiger partial charge in [-0.3, -0.25) is 4.79 Å². The molecule has 0 radical (unpaired) electrons. The first kappa shape index (κ1) is 18.3. The van der Waals surface area contributed by atoms with E-state index in [4.69, 9.17) is 0 Å². The van der Waals surface area contributed by atoms with E-state index in [2.05, 4.69) is 17.0 Å². The number of halogens is 3. The van der Waals surface area contributed by atoms with Crippen molar-refractivity contribution in [3.8, 4) is 0 Å². The molecule has 146 valence electrons. The molecule has 2 aromatic rings. The molecule has 5 nitrogen and oxygen atoms in total. The van der Waals surface area contributed by atoms with Crippen LogP contribution in [0.3, 0.4) is 0 Å². The van der Waals surface area contributed by atoms with Gasteiger partial charge in [0.25, 0.3) is 0 Å². The molecule has 2 aliphatic rings. The lowest BCUT2D eigenvalue weighted by molar-refractivity contribution is -0.142. The van der Waals surface area contributed by atoms with Crippen molar-refractivity contribution in [1.29, 1.82) is 0 Å². The van der Waals surface area contributed by atoms with Gasteiger partial charge >= 0.3 is 6.18 Å². The number of rotatable bonds is 3. The summed E-state index contributed by atoms with van der Waals surface area (Å²) < 4.78 is 41.4. The second-order valence-corrected chi connectivity index (χ2v) is 8.15. The van der Waals surface area contributed by atoms with Crippen LogP contribution in [-0.2, 0) is 11.0 Å². The minimum absolute atomic E-state index is 0.0479. The quantitative estimate of drug-likeness (QED) is 0.813. The number of fused-ring (bicyclic) bond motifs is 1.